The maximum Gasteiger partial charge on any atom is 0.185 e. The molecule has 0 atom stereocenters. The SMILES string of the molecule is COCCn1nnnc1-c1c(N)cccc1Cl. The molecule has 90 valence electrons. The Morgan fingerprint density at radius 3 is 3.00 bits per heavy atom. The molecular weight excluding hydrogens is 242 g/mol. The van der Waals surface area contributed by atoms with Crippen molar-refractivity contribution in [3.8, 4) is 11.4 Å². The van der Waals surface area contributed by atoms with E-state index in [0.29, 0.717) is 35.2 Å². The Labute approximate surface area is 103 Å². The van der Waals surface area contributed by atoms with E-state index in [1.807, 2.05) is 0 Å². The monoisotopic (exact) mass is 253 g/mol. The highest BCUT2D eigenvalue weighted by Crippen LogP contribution is 2.31. The first-order chi connectivity index (χ1) is 8.24. The Balaban J connectivity index is 2.43. The Kier molecular flexibility index (Phi) is 3.55. The zero-order valence-corrected chi connectivity index (χ0v) is 10.1. The number of aromatic nitrogens is 4. The number of nitrogen functional groups attached to an aromatic ring is 1. The van der Waals surface area contributed by atoms with Crippen LogP contribution in [0, 0.1) is 0 Å². The fourth-order valence-corrected chi connectivity index (χ4v) is 1.76. The summed E-state index contributed by atoms with van der Waals surface area (Å²) in [5, 5.41) is 12.0. The molecule has 0 saturated heterocycles. The van der Waals surface area contributed by atoms with E-state index in [1.165, 1.54) is 0 Å². The van der Waals surface area contributed by atoms with Crippen LogP contribution in [-0.2, 0) is 11.3 Å². The van der Waals surface area contributed by atoms with Gasteiger partial charge in [0.1, 0.15) is 0 Å². The first-order valence-electron chi connectivity index (χ1n) is 5.03. The van der Waals surface area contributed by atoms with Crippen LogP contribution in [0.4, 0.5) is 5.69 Å². The summed E-state index contributed by atoms with van der Waals surface area (Å²) in [6, 6.07) is 5.30. The van der Waals surface area contributed by atoms with E-state index in [2.05, 4.69) is 15.5 Å². The minimum Gasteiger partial charge on any atom is -0.398 e. The average molecular weight is 254 g/mol. The Bertz CT molecular complexity index is 493. The number of anilines is 1. The van der Waals surface area contributed by atoms with Gasteiger partial charge in [-0.3, -0.25) is 0 Å². The van der Waals surface area contributed by atoms with E-state index in [9.17, 15) is 0 Å². The van der Waals surface area contributed by atoms with Crippen molar-refractivity contribution < 1.29 is 4.74 Å². The summed E-state index contributed by atoms with van der Waals surface area (Å²) in [6.45, 7) is 1.06. The Morgan fingerprint density at radius 2 is 2.29 bits per heavy atom. The first kappa shape index (κ1) is 11.8. The van der Waals surface area contributed by atoms with Crippen LogP contribution in [0.25, 0.3) is 11.4 Å². The van der Waals surface area contributed by atoms with Crippen molar-refractivity contribution in [2.75, 3.05) is 19.5 Å². The molecule has 0 aliphatic rings. The molecule has 7 heteroatoms. The van der Waals surface area contributed by atoms with Crippen molar-refractivity contribution >= 4 is 17.3 Å². The number of hydrogen-bond acceptors (Lipinski definition) is 5. The van der Waals surface area contributed by atoms with Gasteiger partial charge in [-0.1, -0.05) is 17.7 Å². The quantitative estimate of drug-likeness (QED) is 0.829. The van der Waals surface area contributed by atoms with Crippen LogP contribution < -0.4 is 5.73 Å². The second kappa shape index (κ2) is 5.11. The van der Waals surface area contributed by atoms with Crippen molar-refractivity contribution in [3.63, 3.8) is 0 Å². The zero-order valence-electron chi connectivity index (χ0n) is 9.30. The van der Waals surface area contributed by atoms with Gasteiger partial charge in [-0.25, -0.2) is 4.68 Å². The van der Waals surface area contributed by atoms with Crippen molar-refractivity contribution in [2.45, 2.75) is 6.54 Å². The molecule has 0 spiro atoms. The molecule has 6 nitrogen and oxygen atoms in total. The lowest BCUT2D eigenvalue weighted by Gasteiger charge is -2.07. The minimum absolute atomic E-state index is 0.516. The number of ether oxygens (including phenoxy) is 1. The third-order valence-electron chi connectivity index (χ3n) is 2.31. The topological polar surface area (TPSA) is 78.8 Å². The number of hydrogen-bond donors (Lipinski definition) is 1. The predicted octanol–water partition coefficient (Wildman–Crippen LogP) is 1.22. The summed E-state index contributed by atoms with van der Waals surface area (Å²) in [7, 11) is 1.62. The van der Waals surface area contributed by atoms with Gasteiger partial charge in [-0.05, 0) is 22.6 Å². The second-order valence-corrected chi connectivity index (χ2v) is 3.83. The summed E-state index contributed by atoms with van der Waals surface area (Å²) in [6.07, 6.45) is 0. The molecule has 0 fully saturated rings. The lowest BCUT2D eigenvalue weighted by atomic mass is 10.1. The van der Waals surface area contributed by atoms with E-state index >= 15 is 0 Å². The van der Waals surface area contributed by atoms with Gasteiger partial charge in [-0.2, -0.15) is 0 Å². The molecule has 2 aromatic rings. The van der Waals surface area contributed by atoms with Gasteiger partial charge in [0.25, 0.3) is 0 Å². The molecule has 0 amide bonds. The van der Waals surface area contributed by atoms with Crippen LogP contribution in [0.3, 0.4) is 0 Å². The first-order valence-corrected chi connectivity index (χ1v) is 5.41. The lowest BCUT2D eigenvalue weighted by molar-refractivity contribution is 0.183. The van der Waals surface area contributed by atoms with E-state index in [1.54, 1.807) is 30.0 Å². The summed E-state index contributed by atoms with van der Waals surface area (Å²) in [4.78, 5) is 0. The zero-order chi connectivity index (χ0) is 12.3. The Hall–Kier alpha value is -1.66. The van der Waals surface area contributed by atoms with E-state index in [-0.39, 0.29) is 0 Å². The second-order valence-electron chi connectivity index (χ2n) is 3.42. The van der Waals surface area contributed by atoms with E-state index in [0.717, 1.165) is 0 Å². The number of methoxy groups -OCH3 is 1. The number of halogens is 1. The standard InChI is InChI=1S/C10H12ClN5O/c1-17-6-5-16-10(13-14-15-16)9-7(11)3-2-4-8(9)12/h2-4H,5-6,12H2,1H3. The summed E-state index contributed by atoms with van der Waals surface area (Å²) >= 11 is 6.11. The number of benzene rings is 1. The van der Waals surface area contributed by atoms with Crippen molar-refractivity contribution in [2.24, 2.45) is 0 Å². The molecule has 2 rings (SSSR count). The van der Waals surface area contributed by atoms with Crippen LogP contribution in [0.1, 0.15) is 0 Å². The molecule has 0 radical (unpaired) electrons. The molecule has 1 heterocycles. The number of rotatable bonds is 4. The van der Waals surface area contributed by atoms with Crippen molar-refractivity contribution in [1.82, 2.24) is 20.2 Å². The minimum atomic E-state index is 0.516. The van der Waals surface area contributed by atoms with Gasteiger partial charge >= 0.3 is 0 Å². The molecule has 1 aromatic carbocycles. The van der Waals surface area contributed by atoms with Gasteiger partial charge in [0, 0.05) is 12.8 Å². The van der Waals surface area contributed by atoms with Gasteiger partial charge in [0.05, 0.1) is 23.7 Å². The molecule has 2 N–H and O–H groups in total. The summed E-state index contributed by atoms with van der Waals surface area (Å²) in [5.74, 6) is 0.546. The highest BCUT2D eigenvalue weighted by molar-refractivity contribution is 6.33. The molecule has 0 bridgehead atoms. The van der Waals surface area contributed by atoms with Crippen LogP contribution >= 0.6 is 11.6 Å². The van der Waals surface area contributed by atoms with Gasteiger partial charge in [0.2, 0.25) is 0 Å². The highest BCUT2D eigenvalue weighted by atomic mass is 35.5. The molecular formula is C10H12ClN5O. The smallest absolute Gasteiger partial charge is 0.185 e. The Morgan fingerprint density at radius 1 is 1.47 bits per heavy atom. The molecule has 0 saturated carbocycles. The number of nitrogens with two attached hydrogens (primary N) is 1. The van der Waals surface area contributed by atoms with Crippen LogP contribution in [0.2, 0.25) is 5.02 Å². The molecule has 0 unspecified atom stereocenters. The highest BCUT2D eigenvalue weighted by Gasteiger charge is 2.14. The van der Waals surface area contributed by atoms with Crippen LogP contribution in [0.5, 0.6) is 0 Å². The van der Waals surface area contributed by atoms with Crippen molar-refractivity contribution in [3.05, 3.63) is 23.2 Å². The predicted molar refractivity (Wildman–Crippen MR) is 64.6 cm³/mol. The normalized spacial score (nSPS) is 10.7. The third-order valence-corrected chi connectivity index (χ3v) is 2.62. The van der Waals surface area contributed by atoms with E-state index < -0.39 is 0 Å². The summed E-state index contributed by atoms with van der Waals surface area (Å²) in [5.41, 5.74) is 7.08. The maximum absolute atomic E-state index is 6.11. The largest absolute Gasteiger partial charge is 0.398 e. The fourth-order valence-electron chi connectivity index (χ4n) is 1.49. The van der Waals surface area contributed by atoms with Gasteiger partial charge in [0.15, 0.2) is 5.82 Å². The fraction of sp³-hybridized carbons (Fsp3) is 0.300. The van der Waals surface area contributed by atoms with Crippen LogP contribution in [-0.4, -0.2) is 33.9 Å². The summed E-state index contributed by atoms with van der Waals surface area (Å²) < 4.78 is 6.60. The molecule has 0 aliphatic heterocycles. The molecule has 17 heavy (non-hydrogen) atoms. The maximum atomic E-state index is 6.11. The van der Waals surface area contributed by atoms with Gasteiger partial charge < -0.3 is 10.5 Å². The third kappa shape index (κ3) is 2.37. The number of tetrazole rings is 1. The number of nitrogens with zero attached hydrogens (tertiary/aromatic N) is 4. The van der Waals surface area contributed by atoms with Gasteiger partial charge in [-0.15, -0.1) is 5.10 Å². The van der Waals surface area contributed by atoms with Crippen LogP contribution in [0.15, 0.2) is 18.2 Å². The molecule has 0 aliphatic carbocycles. The van der Waals surface area contributed by atoms with E-state index in [4.69, 9.17) is 22.1 Å². The molecule has 1 aromatic heterocycles. The lowest BCUT2D eigenvalue weighted by Crippen LogP contribution is -2.08. The van der Waals surface area contributed by atoms with Crippen molar-refractivity contribution in [1.29, 1.82) is 0 Å². The average Bonchev–Trinajstić information content (AvgIpc) is 2.74.